The van der Waals surface area contributed by atoms with Gasteiger partial charge in [-0.25, -0.2) is 4.98 Å². The number of nitrogens with zero attached hydrogens (tertiary/aromatic N) is 1. The predicted octanol–water partition coefficient (Wildman–Crippen LogP) is 3.91. The van der Waals surface area contributed by atoms with Crippen molar-refractivity contribution in [3.05, 3.63) is 34.7 Å². The third-order valence-electron chi connectivity index (χ3n) is 3.33. The van der Waals surface area contributed by atoms with E-state index in [1.54, 1.807) is 0 Å². The van der Waals surface area contributed by atoms with Crippen molar-refractivity contribution in [3.63, 3.8) is 0 Å². The lowest BCUT2D eigenvalue weighted by atomic mass is 10.0. The second-order valence-corrected chi connectivity index (χ2v) is 6.10. The van der Waals surface area contributed by atoms with Crippen LogP contribution in [0.15, 0.2) is 23.6 Å². The molecule has 2 rings (SSSR count). The maximum atomic E-state index is 11.9. The van der Waals surface area contributed by atoms with Crippen molar-refractivity contribution in [2.24, 2.45) is 5.73 Å². The fourth-order valence-electron chi connectivity index (χ4n) is 2.20. The standard InChI is InChI=1S/C16H21N3OS.ClH/c1-4-5-13(17)15(20)19-16-18-14(9-21-16)12-7-6-10(2)8-11(12)3;/h6-9,13H,4-5,17H2,1-3H3,(H,18,19,20);1H. The summed E-state index contributed by atoms with van der Waals surface area (Å²) >= 11 is 1.42. The van der Waals surface area contributed by atoms with E-state index in [-0.39, 0.29) is 18.3 Å². The number of halogens is 1. The molecule has 1 unspecified atom stereocenters. The minimum absolute atomic E-state index is 0. The number of rotatable bonds is 5. The van der Waals surface area contributed by atoms with Crippen molar-refractivity contribution in [2.75, 3.05) is 5.32 Å². The molecule has 1 heterocycles. The molecule has 0 saturated carbocycles. The number of carbonyl (C=O) groups excluding carboxylic acids is 1. The minimum Gasteiger partial charge on any atom is -0.320 e. The zero-order chi connectivity index (χ0) is 15.4. The number of nitrogens with one attached hydrogen (secondary N) is 1. The molecule has 6 heteroatoms. The summed E-state index contributed by atoms with van der Waals surface area (Å²) in [4.78, 5) is 16.4. The van der Waals surface area contributed by atoms with Crippen LogP contribution >= 0.6 is 23.7 Å². The highest BCUT2D eigenvalue weighted by Crippen LogP contribution is 2.28. The molecule has 1 aromatic heterocycles. The van der Waals surface area contributed by atoms with Crippen LogP contribution in [0.4, 0.5) is 5.13 Å². The van der Waals surface area contributed by atoms with E-state index in [9.17, 15) is 4.79 Å². The van der Waals surface area contributed by atoms with Gasteiger partial charge in [-0.2, -0.15) is 0 Å². The molecule has 0 aliphatic carbocycles. The van der Waals surface area contributed by atoms with Gasteiger partial charge in [0.15, 0.2) is 5.13 Å². The minimum atomic E-state index is -0.469. The molecule has 1 aromatic carbocycles. The summed E-state index contributed by atoms with van der Waals surface area (Å²) in [5, 5.41) is 5.35. The number of hydrogen-bond acceptors (Lipinski definition) is 4. The Morgan fingerprint density at radius 3 is 2.77 bits per heavy atom. The molecule has 120 valence electrons. The van der Waals surface area contributed by atoms with Gasteiger partial charge in [-0.1, -0.05) is 37.1 Å². The first kappa shape index (κ1) is 18.6. The first-order chi connectivity index (χ1) is 10.0. The van der Waals surface area contributed by atoms with Gasteiger partial charge in [0.25, 0.3) is 0 Å². The normalized spacial score (nSPS) is 11.6. The van der Waals surface area contributed by atoms with E-state index >= 15 is 0 Å². The Labute approximate surface area is 141 Å². The summed E-state index contributed by atoms with van der Waals surface area (Å²) in [5.74, 6) is -0.168. The average Bonchev–Trinajstić information content (AvgIpc) is 2.87. The summed E-state index contributed by atoms with van der Waals surface area (Å²) in [5.41, 5.74) is 10.2. The number of amides is 1. The van der Waals surface area contributed by atoms with Crippen LogP contribution in [0.3, 0.4) is 0 Å². The zero-order valence-electron chi connectivity index (χ0n) is 13.1. The number of benzene rings is 1. The van der Waals surface area contributed by atoms with Gasteiger partial charge < -0.3 is 11.1 Å². The Balaban J connectivity index is 0.00000242. The van der Waals surface area contributed by atoms with Gasteiger partial charge in [-0.05, 0) is 25.8 Å². The molecule has 1 atom stereocenters. The topological polar surface area (TPSA) is 68.0 Å². The number of anilines is 1. The van der Waals surface area contributed by atoms with Gasteiger partial charge in [0.1, 0.15) is 0 Å². The van der Waals surface area contributed by atoms with Crippen LogP contribution in [0.2, 0.25) is 0 Å². The Morgan fingerprint density at radius 2 is 2.14 bits per heavy atom. The Bertz CT molecular complexity index is 642. The van der Waals surface area contributed by atoms with Gasteiger partial charge in [-0.3, -0.25) is 4.79 Å². The third-order valence-corrected chi connectivity index (χ3v) is 4.09. The van der Waals surface area contributed by atoms with Crippen molar-refractivity contribution in [1.82, 2.24) is 4.98 Å². The smallest absolute Gasteiger partial charge is 0.243 e. The van der Waals surface area contributed by atoms with Gasteiger partial charge in [-0.15, -0.1) is 23.7 Å². The van der Waals surface area contributed by atoms with E-state index in [4.69, 9.17) is 5.73 Å². The summed E-state index contributed by atoms with van der Waals surface area (Å²) in [7, 11) is 0. The maximum absolute atomic E-state index is 11.9. The van der Waals surface area contributed by atoms with Gasteiger partial charge in [0.2, 0.25) is 5.91 Å². The summed E-state index contributed by atoms with van der Waals surface area (Å²) in [6.07, 6.45) is 1.57. The molecule has 0 saturated heterocycles. The SMILES string of the molecule is CCCC(N)C(=O)Nc1nc(-c2ccc(C)cc2C)cs1.Cl. The van der Waals surface area contributed by atoms with Crippen LogP contribution in [0.1, 0.15) is 30.9 Å². The van der Waals surface area contributed by atoms with Crippen LogP contribution in [-0.2, 0) is 4.79 Å². The van der Waals surface area contributed by atoms with Crippen LogP contribution in [0, 0.1) is 13.8 Å². The Hall–Kier alpha value is -1.43. The summed E-state index contributed by atoms with van der Waals surface area (Å²) in [6, 6.07) is 5.79. The van der Waals surface area contributed by atoms with Crippen LogP contribution in [-0.4, -0.2) is 16.9 Å². The van der Waals surface area contributed by atoms with E-state index in [0.717, 1.165) is 17.7 Å². The molecule has 22 heavy (non-hydrogen) atoms. The second kappa shape index (κ2) is 8.27. The molecule has 4 nitrogen and oxygen atoms in total. The van der Waals surface area contributed by atoms with Crippen LogP contribution < -0.4 is 11.1 Å². The molecule has 3 N–H and O–H groups in total. The molecule has 1 amide bonds. The van der Waals surface area contributed by atoms with E-state index in [0.29, 0.717) is 11.6 Å². The number of nitrogens with two attached hydrogens (primary N) is 1. The van der Waals surface area contributed by atoms with Gasteiger partial charge >= 0.3 is 0 Å². The zero-order valence-corrected chi connectivity index (χ0v) is 14.7. The van der Waals surface area contributed by atoms with E-state index in [1.165, 1.54) is 22.5 Å². The highest BCUT2D eigenvalue weighted by molar-refractivity contribution is 7.14. The molecular formula is C16H22ClN3OS. The highest BCUT2D eigenvalue weighted by Gasteiger charge is 2.14. The van der Waals surface area contributed by atoms with Gasteiger partial charge in [0, 0.05) is 10.9 Å². The lowest BCUT2D eigenvalue weighted by Crippen LogP contribution is -2.35. The van der Waals surface area contributed by atoms with Crippen molar-refractivity contribution in [3.8, 4) is 11.3 Å². The quantitative estimate of drug-likeness (QED) is 0.867. The molecule has 2 aromatic rings. The molecule has 0 radical (unpaired) electrons. The molecule has 0 spiro atoms. The highest BCUT2D eigenvalue weighted by atomic mass is 35.5. The molecule has 0 aliphatic rings. The Morgan fingerprint density at radius 1 is 1.41 bits per heavy atom. The molecular weight excluding hydrogens is 318 g/mol. The summed E-state index contributed by atoms with van der Waals surface area (Å²) in [6.45, 7) is 6.14. The first-order valence-corrected chi connectivity index (χ1v) is 7.98. The van der Waals surface area contributed by atoms with Crippen molar-refractivity contribution < 1.29 is 4.79 Å². The second-order valence-electron chi connectivity index (χ2n) is 5.24. The lowest BCUT2D eigenvalue weighted by molar-refractivity contribution is -0.117. The molecule has 0 fully saturated rings. The van der Waals surface area contributed by atoms with Crippen LogP contribution in [0.5, 0.6) is 0 Å². The van der Waals surface area contributed by atoms with Crippen LogP contribution in [0.25, 0.3) is 11.3 Å². The predicted molar refractivity (Wildman–Crippen MR) is 95.8 cm³/mol. The number of aromatic nitrogens is 1. The Kier molecular flexibility index (Phi) is 7.00. The molecule has 0 bridgehead atoms. The maximum Gasteiger partial charge on any atom is 0.243 e. The van der Waals surface area contributed by atoms with E-state index in [2.05, 4.69) is 42.3 Å². The number of aryl methyl sites for hydroxylation is 2. The average molecular weight is 340 g/mol. The number of hydrogen-bond donors (Lipinski definition) is 2. The lowest BCUT2D eigenvalue weighted by Gasteiger charge is -2.08. The number of carbonyl (C=O) groups is 1. The van der Waals surface area contributed by atoms with Gasteiger partial charge in [0.05, 0.1) is 11.7 Å². The van der Waals surface area contributed by atoms with E-state index in [1.807, 2.05) is 12.3 Å². The monoisotopic (exact) mass is 339 g/mol. The largest absolute Gasteiger partial charge is 0.320 e. The fraction of sp³-hybridized carbons (Fsp3) is 0.375. The summed E-state index contributed by atoms with van der Waals surface area (Å²) < 4.78 is 0. The van der Waals surface area contributed by atoms with Crippen molar-refractivity contribution >= 4 is 34.8 Å². The number of thiazole rings is 1. The first-order valence-electron chi connectivity index (χ1n) is 7.11. The fourth-order valence-corrected chi connectivity index (χ4v) is 2.91. The molecule has 0 aliphatic heterocycles. The van der Waals surface area contributed by atoms with E-state index < -0.39 is 6.04 Å². The third kappa shape index (κ3) is 4.53. The van der Waals surface area contributed by atoms with Crippen molar-refractivity contribution in [2.45, 2.75) is 39.7 Å². The van der Waals surface area contributed by atoms with Crippen molar-refractivity contribution in [1.29, 1.82) is 0 Å².